The highest BCUT2D eigenvalue weighted by atomic mass is 16.3. The zero-order valence-corrected chi connectivity index (χ0v) is 14.8. The molecule has 1 unspecified atom stereocenters. The molecule has 0 saturated heterocycles. The number of hydrogen-bond acceptors (Lipinski definition) is 2. The number of nitrogens with zero attached hydrogens (tertiary/aromatic N) is 1. The molecule has 2 aliphatic rings. The van der Waals surface area contributed by atoms with Gasteiger partial charge in [0.05, 0.1) is 11.1 Å². The van der Waals surface area contributed by atoms with Crippen molar-refractivity contribution in [3.05, 3.63) is 89.6 Å². The molecule has 3 aromatic carbocycles. The highest BCUT2D eigenvalue weighted by Gasteiger charge is 2.45. The summed E-state index contributed by atoms with van der Waals surface area (Å²) in [6, 6.07) is 23.9. The number of benzene rings is 3. The van der Waals surface area contributed by atoms with Gasteiger partial charge in [-0.25, -0.2) is 0 Å². The van der Waals surface area contributed by atoms with E-state index in [1.165, 1.54) is 38.8 Å². The molecule has 0 saturated carbocycles. The first-order valence-corrected chi connectivity index (χ1v) is 9.33. The van der Waals surface area contributed by atoms with Gasteiger partial charge in [0.15, 0.2) is 0 Å². The minimum atomic E-state index is -0.223. The average Bonchev–Trinajstić information content (AvgIpc) is 3.19. The Morgan fingerprint density at radius 3 is 2.41 bits per heavy atom. The summed E-state index contributed by atoms with van der Waals surface area (Å²) in [6.07, 6.45) is 1.86. The highest BCUT2D eigenvalue weighted by Crippen LogP contribution is 2.59. The van der Waals surface area contributed by atoms with Crippen molar-refractivity contribution in [2.45, 2.75) is 12.3 Å². The number of hydrogen-bond donors (Lipinski definition) is 0. The quantitative estimate of drug-likeness (QED) is 0.329. The van der Waals surface area contributed by atoms with Crippen LogP contribution < -0.4 is 0 Å². The first-order valence-electron chi connectivity index (χ1n) is 9.33. The van der Waals surface area contributed by atoms with Gasteiger partial charge < -0.3 is 4.42 Å². The average molecular weight is 345 g/mol. The molecule has 0 amide bonds. The standard InChI is InChI=1S/C25H15NO/c1-25-17-9-3-2-6-14(17)15-7-4-8-16(23(15)25)24-22-20(12-13-26-24)27-19-11-5-10-18(25)21(19)22/h2-13H,1H3. The van der Waals surface area contributed by atoms with Gasteiger partial charge in [-0.1, -0.05) is 54.6 Å². The smallest absolute Gasteiger partial charge is 0.139 e. The van der Waals surface area contributed by atoms with Gasteiger partial charge in [0, 0.05) is 22.6 Å². The molecule has 0 N–H and O–H groups in total. The maximum absolute atomic E-state index is 6.23. The Balaban J connectivity index is 1.85. The van der Waals surface area contributed by atoms with Crippen LogP contribution in [0.1, 0.15) is 23.6 Å². The number of fused-ring (bicyclic) bond motifs is 5. The molecular formula is C25H15NO. The highest BCUT2D eigenvalue weighted by molar-refractivity contribution is 6.16. The monoisotopic (exact) mass is 345 g/mol. The maximum atomic E-state index is 6.23. The summed E-state index contributed by atoms with van der Waals surface area (Å²) < 4.78 is 6.23. The molecule has 5 aromatic rings. The lowest BCUT2D eigenvalue weighted by molar-refractivity contribution is 0.665. The van der Waals surface area contributed by atoms with Crippen LogP contribution in [0.3, 0.4) is 0 Å². The van der Waals surface area contributed by atoms with E-state index in [9.17, 15) is 0 Å². The van der Waals surface area contributed by atoms with Crippen molar-refractivity contribution in [1.29, 1.82) is 0 Å². The van der Waals surface area contributed by atoms with E-state index in [1.807, 2.05) is 12.3 Å². The van der Waals surface area contributed by atoms with E-state index in [4.69, 9.17) is 9.40 Å². The third-order valence-electron chi connectivity index (χ3n) is 6.52. The number of aromatic nitrogens is 1. The van der Waals surface area contributed by atoms with Crippen molar-refractivity contribution in [1.82, 2.24) is 4.98 Å². The Labute approximate surface area is 156 Å². The zero-order valence-electron chi connectivity index (χ0n) is 14.8. The van der Waals surface area contributed by atoms with Crippen LogP contribution in [0.5, 0.6) is 0 Å². The topological polar surface area (TPSA) is 26.0 Å². The van der Waals surface area contributed by atoms with Gasteiger partial charge >= 0.3 is 0 Å². The van der Waals surface area contributed by atoms with Crippen LogP contribution in [0, 0.1) is 0 Å². The number of pyridine rings is 1. The van der Waals surface area contributed by atoms with E-state index >= 15 is 0 Å². The second-order valence-electron chi connectivity index (χ2n) is 7.71. The minimum absolute atomic E-state index is 0.223. The fourth-order valence-corrected chi connectivity index (χ4v) is 5.47. The Kier molecular flexibility index (Phi) is 2.19. The second kappa shape index (κ2) is 4.29. The Hall–Kier alpha value is -3.39. The lowest BCUT2D eigenvalue weighted by atomic mass is 9.72. The van der Waals surface area contributed by atoms with Crippen molar-refractivity contribution >= 4 is 21.9 Å². The fraction of sp³-hybridized carbons (Fsp3) is 0.0800. The van der Waals surface area contributed by atoms with Gasteiger partial charge in [0.2, 0.25) is 0 Å². The molecule has 126 valence electrons. The van der Waals surface area contributed by atoms with Crippen LogP contribution in [0.4, 0.5) is 0 Å². The van der Waals surface area contributed by atoms with E-state index in [2.05, 4.69) is 67.6 Å². The molecule has 0 radical (unpaired) electrons. The predicted molar refractivity (Wildman–Crippen MR) is 108 cm³/mol. The summed E-state index contributed by atoms with van der Waals surface area (Å²) in [6.45, 7) is 2.36. The molecule has 0 fully saturated rings. The van der Waals surface area contributed by atoms with Crippen molar-refractivity contribution in [3.8, 4) is 22.4 Å². The molecule has 7 rings (SSSR count). The Bertz CT molecular complexity index is 1440. The molecule has 27 heavy (non-hydrogen) atoms. The summed E-state index contributed by atoms with van der Waals surface area (Å²) in [5, 5.41) is 2.35. The minimum Gasteiger partial charge on any atom is -0.456 e. The maximum Gasteiger partial charge on any atom is 0.139 e. The van der Waals surface area contributed by atoms with Crippen LogP contribution in [0.2, 0.25) is 0 Å². The Morgan fingerprint density at radius 2 is 1.44 bits per heavy atom. The number of rotatable bonds is 0. The molecular weight excluding hydrogens is 330 g/mol. The molecule has 2 nitrogen and oxygen atoms in total. The van der Waals surface area contributed by atoms with Crippen LogP contribution in [0.15, 0.2) is 77.3 Å². The van der Waals surface area contributed by atoms with Crippen molar-refractivity contribution < 1.29 is 4.42 Å². The summed E-state index contributed by atoms with van der Waals surface area (Å²) in [5.74, 6) is 0. The first kappa shape index (κ1) is 13.8. The van der Waals surface area contributed by atoms with Gasteiger partial charge in [-0.2, -0.15) is 0 Å². The molecule has 2 aliphatic carbocycles. The fourth-order valence-electron chi connectivity index (χ4n) is 5.47. The summed E-state index contributed by atoms with van der Waals surface area (Å²) >= 11 is 0. The third-order valence-corrected chi connectivity index (χ3v) is 6.52. The van der Waals surface area contributed by atoms with Gasteiger partial charge in [0.25, 0.3) is 0 Å². The largest absolute Gasteiger partial charge is 0.456 e. The van der Waals surface area contributed by atoms with Gasteiger partial charge in [-0.15, -0.1) is 0 Å². The first-order chi connectivity index (χ1) is 13.3. The Morgan fingerprint density at radius 1 is 0.704 bits per heavy atom. The molecule has 0 bridgehead atoms. The molecule has 1 atom stereocenters. The summed E-state index contributed by atoms with van der Waals surface area (Å²) in [5.41, 5.74) is 10.6. The number of furan rings is 1. The molecule has 0 spiro atoms. The molecule has 2 heterocycles. The lowest BCUT2D eigenvalue weighted by Gasteiger charge is -2.29. The zero-order chi connectivity index (χ0) is 17.8. The predicted octanol–water partition coefficient (Wildman–Crippen LogP) is 6.30. The van der Waals surface area contributed by atoms with Gasteiger partial charge in [-0.05, 0) is 46.9 Å². The molecule has 2 heteroatoms. The normalized spacial score (nSPS) is 18.7. The van der Waals surface area contributed by atoms with Gasteiger partial charge in [0.1, 0.15) is 11.2 Å². The van der Waals surface area contributed by atoms with Crippen LogP contribution >= 0.6 is 0 Å². The van der Waals surface area contributed by atoms with Crippen molar-refractivity contribution in [2.24, 2.45) is 0 Å². The molecule has 0 aliphatic heterocycles. The van der Waals surface area contributed by atoms with E-state index in [1.54, 1.807) is 0 Å². The SMILES string of the molecule is CC12c3ccccc3-c3cccc(c31)-c1nccc3oc4cccc2c4c13. The van der Waals surface area contributed by atoms with E-state index in [-0.39, 0.29) is 5.41 Å². The van der Waals surface area contributed by atoms with Gasteiger partial charge in [-0.3, -0.25) is 4.98 Å². The molecule has 2 aromatic heterocycles. The third kappa shape index (κ3) is 1.37. The van der Waals surface area contributed by atoms with Crippen molar-refractivity contribution in [3.63, 3.8) is 0 Å². The van der Waals surface area contributed by atoms with Crippen LogP contribution in [0.25, 0.3) is 44.3 Å². The lowest BCUT2D eigenvalue weighted by Crippen LogP contribution is -2.22. The summed E-state index contributed by atoms with van der Waals surface area (Å²) in [7, 11) is 0. The van der Waals surface area contributed by atoms with Crippen LogP contribution in [-0.2, 0) is 5.41 Å². The van der Waals surface area contributed by atoms with E-state index in [0.29, 0.717) is 0 Å². The second-order valence-corrected chi connectivity index (χ2v) is 7.71. The van der Waals surface area contributed by atoms with E-state index < -0.39 is 0 Å². The summed E-state index contributed by atoms with van der Waals surface area (Å²) in [4.78, 5) is 4.83. The van der Waals surface area contributed by atoms with E-state index in [0.717, 1.165) is 22.2 Å². The van der Waals surface area contributed by atoms with Crippen molar-refractivity contribution in [2.75, 3.05) is 0 Å². The van der Waals surface area contributed by atoms with Crippen LogP contribution in [-0.4, -0.2) is 4.98 Å².